The number of halogens is 1. The van der Waals surface area contributed by atoms with Gasteiger partial charge in [0.2, 0.25) is 0 Å². The first-order chi connectivity index (χ1) is 9.20. The van der Waals surface area contributed by atoms with Crippen LogP contribution < -0.4 is 4.74 Å². The average Bonchev–Trinajstić information content (AvgIpc) is 2.85. The summed E-state index contributed by atoms with van der Waals surface area (Å²) in [6.45, 7) is 2.28. The molecule has 0 atom stereocenters. The van der Waals surface area contributed by atoms with Gasteiger partial charge in [0.05, 0.1) is 4.88 Å². The molecule has 0 spiro atoms. The second-order valence-electron chi connectivity index (χ2n) is 3.92. The lowest BCUT2D eigenvalue weighted by atomic mass is 10.2. The zero-order valence-electron chi connectivity index (χ0n) is 10.4. The maximum absolute atomic E-state index is 8.71. The van der Waals surface area contributed by atoms with Gasteiger partial charge in [0.15, 0.2) is 0 Å². The molecule has 0 unspecified atom stereocenters. The van der Waals surface area contributed by atoms with E-state index in [2.05, 4.69) is 11.8 Å². The second-order valence-corrected chi connectivity index (χ2v) is 5.32. The van der Waals surface area contributed by atoms with Crippen LogP contribution >= 0.6 is 22.9 Å². The summed E-state index contributed by atoms with van der Waals surface area (Å²) in [7, 11) is 0. The van der Waals surface area contributed by atoms with Crippen molar-refractivity contribution in [3.05, 3.63) is 50.7 Å². The molecule has 2 nitrogen and oxygen atoms in total. The summed E-state index contributed by atoms with van der Waals surface area (Å²) in [4.78, 5) is 1.05. The highest BCUT2D eigenvalue weighted by Gasteiger charge is 2.04. The van der Waals surface area contributed by atoms with Gasteiger partial charge in [-0.1, -0.05) is 23.4 Å². The number of aliphatic hydroxyl groups is 1. The molecule has 0 saturated heterocycles. The quantitative estimate of drug-likeness (QED) is 0.875. The Morgan fingerprint density at radius 2 is 2.21 bits per heavy atom. The molecule has 1 heterocycles. The summed E-state index contributed by atoms with van der Waals surface area (Å²) >= 11 is 7.56. The van der Waals surface area contributed by atoms with Gasteiger partial charge in [0.1, 0.15) is 19.0 Å². The minimum atomic E-state index is -0.132. The molecule has 0 amide bonds. The second kappa shape index (κ2) is 6.63. The van der Waals surface area contributed by atoms with Crippen molar-refractivity contribution in [2.45, 2.75) is 13.5 Å². The maximum Gasteiger partial charge on any atom is 0.124 e. The van der Waals surface area contributed by atoms with E-state index in [4.69, 9.17) is 21.4 Å². The minimum Gasteiger partial charge on any atom is -0.488 e. The fourth-order valence-electron chi connectivity index (χ4n) is 1.55. The molecule has 0 fully saturated rings. The highest BCUT2D eigenvalue weighted by Crippen LogP contribution is 2.23. The average molecular weight is 293 g/mol. The molecule has 0 saturated carbocycles. The van der Waals surface area contributed by atoms with Crippen LogP contribution in [0.25, 0.3) is 0 Å². The first-order valence-corrected chi connectivity index (χ1v) is 7.01. The van der Waals surface area contributed by atoms with Crippen molar-refractivity contribution in [2.24, 2.45) is 0 Å². The SMILES string of the molecule is Cc1cc(OCc2sccc2C#CCO)ccc1Cl. The van der Waals surface area contributed by atoms with E-state index in [1.54, 1.807) is 11.3 Å². The van der Waals surface area contributed by atoms with E-state index in [0.717, 1.165) is 26.8 Å². The van der Waals surface area contributed by atoms with Crippen molar-refractivity contribution in [3.8, 4) is 17.6 Å². The third-order valence-corrected chi connectivity index (χ3v) is 3.87. The number of benzene rings is 1. The predicted octanol–water partition coefficient (Wildman–Crippen LogP) is 3.63. The number of thiophene rings is 1. The van der Waals surface area contributed by atoms with Crippen molar-refractivity contribution in [3.63, 3.8) is 0 Å². The Kier molecular flexibility index (Phi) is 4.86. The van der Waals surface area contributed by atoms with Crippen LogP contribution in [-0.2, 0) is 6.61 Å². The van der Waals surface area contributed by atoms with Gasteiger partial charge in [0, 0.05) is 10.6 Å². The van der Waals surface area contributed by atoms with Gasteiger partial charge < -0.3 is 9.84 Å². The third kappa shape index (κ3) is 3.74. The van der Waals surface area contributed by atoms with Gasteiger partial charge in [-0.3, -0.25) is 0 Å². The molecule has 1 aromatic heterocycles. The molecule has 98 valence electrons. The monoisotopic (exact) mass is 292 g/mol. The molecule has 0 aliphatic heterocycles. The topological polar surface area (TPSA) is 29.5 Å². The summed E-state index contributed by atoms with van der Waals surface area (Å²) < 4.78 is 5.73. The van der Waals surface area contributed by atoms with Gasteiger partial charge in [-0.2, -0.15) is 0 Å². The van der Waals surface area contributed by atoms with E-state index >= 15 is 0 Å². The Morgan fingerprint density at radius 3 is 2.95 bits per heavy atom. The first-order valence-electron chi connectivity index (χ1n) is 5.75. The number of hydrogen-bond donors (Lipinski definition) is 1. The Balaban J connectivity index is 2.06. The van der Waals surface area contributed by atoms with Crippen LogP contribution in [0, 0.1) is 18.8 Å². The standard InChI is InChI=1S/C15H13ClO2S/c1-11-9-13(4-5-14(11)16)18-10-15-12(3-2-7-17)6-8-19-15/h4-6,8-9,17H,7,10H2,1H3. The first kappa shape index (κ1) is 14.0. The van der Waals surface area contributed by atoms with Gasteiger partial charge in [-0.15, -0.1) is 11.3 Å². The molecule has 0 radical (unpaired) electrons. The van der Waals surface area contributed by atoms with Crippen molar-refractivity contribution < 1.29 is 9.84 Å². The normalized spacial score (nSPS) is 9.84. The van der Waals surface area contributed by atoms with Crippen molar-refractivity contribution >= 4 is 22.9 Å². The lowest BCUT2D eigenvalue weighted by Crippen LogP contribution is -1.95. The summed E-state index contributed by atoms with van der Waals surface area (Å²) in [6, 6.07) is 7.52. The smallest absolute Gasteiger partial charge is 0.124 e. The molecule has 0 aliphatic rings. The van der Waals surface area contributed by atoms with Crippen LogP contribution in [0.4, 0.5) is 0 Å². The van der Waals surface area contributed by atoms with Crippen LogP contribution in [-0.4, -0.2) is 11.7 Å². The van der Waals surface area contributed by atoms with Gasteiger partial charge in [-0.05, 0) is 42.1 Å². The van der Waals surface area contributed by atoms with Crippen LogP contribution in [0.15, 0.2) is 29.6 Å². The highest BCUT2D eigenvalue weighted by molar-refractivity contribution is 7.10. The lowest BCUT2D eigenvalue weighted by molar-refractivity contribution is 0.309. The maximum atomic E-state index is 8.71. The molecule has 0 bridgehead atoms. The van der Waals surface area contributed by atoms with Crippen molar-refractivity contribution in [1.82, 2.24) is 0 Å². The van der Waals surface area contributed by atoms with Crippen LogP contribution in [0.3, 0.4) is 0 Å². The van der Waals surface area contributed by atoms with Gasteiger partial charge >= 0.3 is 0 Å². The summed E-state index contributed by atoms with van der Waals surface area (Å²) in [5.41, 5.74) is 1.90. The Hall–Kier alpha value is -1.47. The van der Waals surface area contributed by atoms with E-state index in [1.165, 1.54) is 0 Å². The Bertz CT molecular complexity index is 623. The molecule has 0 aliphatic carbocycles. The number of rotatable bonds is 3. The molecule has 19 heavy (non-hydrogen) atoms. The van der Waals surface area contributed by atoms with E-state index < -0.39 is 0 Å². The fourth-order valence-corrected chi connectivity index (χ4v) is 2.41. The van der Waals surface area contributed by atoms with Crippen LogP contribution in [0.1, 0.15) is 16.0 Å². The van der Waals surface area contributed by atoms with Crippen molar-refractivity contribution in [1.29, 1.82) is 0 Å². The van der Waals surface area contributed by atoms with Crippen molar-refractivity contribution in [2.75, 3.05) is 6.61 Å². The van der Waals surface area contributed by atoms with E-state index in [-0.39, 0.29) is 6.61 Å². The number of aliphatic hydroxyl groups excluding tert-OH is 1. The molecule has 4 heteroatoms. The molecule has 1 aromatic carbocycles. The van der Waals surface area contributed by atoms with E-state index in [9.17, 15) is 0 Å². The molecular formula is C15H13ClO2S. The van der Waals surface area contributed by atoms with Crippen LogP contribution in [0.5, 0.6) is 5.75 Å². The fraction of sp³-hybridized carbons (Fsp3) is 0.200. The molecule has 1 N–H and O–H groups in total. The number of hydrogen-bond acceptors (Lipinski definition) is 3. The zero-order chi connectivity index (χ0) is 13.7. The Morgan fingerprint density at radius 1 is 1.37 bits per heavy atom. The van der Waals surface area contributed by atoms with Gasteiger partial charge in [0.25, 0.3) is 0 Å². The molecular weight excluding hydrogens is 280 g/mol. The number of ether oxygens (including phenoxy) is 1. The largest absolute Gasteiger partial charge is 0.488 e. The Labute approximate surface area is 121 Å². The van der Waals surface area contributed by atoms with Crippen LogP contribution in [0.2, 0.25) is 5.02 Å². The summed E-state index contributed by atoms with van der Waals surface area (Å²) in [5.74, 6) is 6.34. The predicted molar refractivity (Wildman–Crippen MR) is 78.8 cm³/mol. The lowest BCUT2D eigenvalue weighted by Gasteiger charge is -2.07. The number of aryl methyl sites for hydroxylation is 1. The summed E-state index contributed by atoms with van der Waals surface area (Å²) in [5, 5.41) is 11.4. The molecule has 2 rings (SSSR count). The third-order valence-electron chi connectivity index (χ3n) is 2.55. The van der Waals surface area contributed by atoms with Gasteiger partial charge in [-0.25, -0.2) is 0 Å². The van der Waals surface area contributed by atoms with E-state index in [0.29, 0.717) is 6.61 Å². The molecule has 2 aromatic rings. The minimum absolute atomic E-state index is 0.132. The van der Waals surface area contributed by atoms with E-state index in [1.807, 2.05) is 36.6 Å². The highest BCUT2D eigenvalue weighted by atomic mass is 35.5. The zero-order valence-corrected chi connectivity index (χ0v) is 12.0. The summed E-state index contributed by atoms with van der Waals surface area (Å²) in [6.07, 6.45) is 0.